The lowest BCUT2D eigenvalue weighted by atomic mass is 9.77. The average Bonchev–Trinajstić information content (AvgIpc) is 3.23. The number of rotatable bonds is 4. The van der Waals surface area contributed by atoms with Gasteiger partial charge in [-0.3, -0.25) is 0 Å². The molecule has 1 aliphatic carbocycles. The van der Waals surface area contributed by atoms with Gasteiger partial charge >= 0.3 is 0 Å². The van der Waals surface area contributed by atoms with Crippen LogP contribution in [0.1, 0.15) is 41.7 Å². The first-order chi connectivity index (χ1) is 19.8. The van der Waals surface area contributed by atoms with Crippen molar-refractivity contribution in [3.8, 4) is 16.9 Å². The van der Waals surface area contributed by atoms with Crippen molar-refractivity contribution in [3.05, 3.63) is 128 Å². The van der Waals surface area contributed by atoms with Crippen LogP contribution in [0.3, 0.4) is 0 Å². The molecule has 5 aromatic carbocycles. The van der Waals surface area contributed by atoms with Gasteiger partial charge in [0.2, 0.25) is 0 Å². The van der Waals surface area contributed by atoms with Gasteiger partial charge < -0.3 is 4.74 Å². The third-order valence-corrected chi connectivity index (χ3v) is 10.8. The Morgan fingerprint density at radius 3 is 2.00 bits per heavy atom. The van der Waals surface area contributed by atoms with Crippen molar-refractivity contribution in [2.24, 2.45) is 0 Å². The first-order valence-electron chi connectivity index (χ1n) is 13.5. The highest BCUT2D eigenvalue weighted by atomic mass is 127. The summed E-state index contributed by atoms with van der Waals surface area (Å²) in [7, 11) is 0. The van der Waals surface area contributed by atoms with Crippen molar-refractivity contribution < 1.29 is 9.13 Å². The fourth-order valence-electron chi connectivity index (χ4n) is 6.58. The largest absolute Gasteiger partial charge is 0.472 e. The molecule has 0 amide bonds. The third kappa shape index (κ3) is 4.10. The fourth-order valence-corrected chi connectivity index (χ4v) is 7.89. The fraction of sp³-hybridized carbons (Fsp3) is 0.167. The van der Waals surface area contributed by atoms with E-state index in [1.54, 1.807) is 35.7 Å². The first-order valence-corrected chi connectivity index (χ1v) is 17.1. The molecule has 0 saturated heterocycles. The Morgan fingerprint density at radius 2 is 1.39 bits per heavy atom. The summed E-state index contributed by atoms with van der Waals surface area (Å²) >= 11 is 5.83. The summed E-state index contributed by atoms with van der Waals surface area (Å²) in [4.78, 5) is 2.39. The van der Waals surface area contributed by atoms with E-state index in [4.69, 9.17) is 4.74 Å². The normalized spacial score (nSPS) is 15.8. The van der Waals surface area contributed by atoms with Crippen LogP contribution in [0.2, 0.25) is 0 Å². The van der Waals surface area contributed by atoms with Crippen molar-refractivity contribution in [2.75, 3.05) is 12.5 Å². The van der Waals surface area contributed by atoms with Crippen LogP contribution >= 0.6 is 46.1 Å². The SMILES string of the molecule is CSc1ccc(C2(c3ccc(SC)cc3)C=Cc3c4c(c5ccc(F)cc5c3O2)-c2ccc(I)cc2C4(C)C)cc1. The van der Waals surface area contributed by atoms with E-state index in [0.29, 0.717) is 0 Å². The summed E-state index contributed by atoms with van der Waals surface area (Å²) in [6.07, 6.45) is 8.60. The van der Waals surface area contributed by atoms with Crippen LogP contribution in [0.5, 0.6) is 5.75 Å². The molecule has 0 unspecified atom stereocenters. The summed E-state index contributed by atoms with van der Waals surface area (Å²) < 4.78 is 23.5. The van der Waals surface area contributed by atoms with Gasteiger partial charge in [-0.05, 0) is 117 Å². The van der Waals surface area contributed by atoms with Gasteiger partial charge in [-0.15, -0.1) is 23.5 Å². The molecule has 1 aliphatic heterocycles. The lowest BCUT2D eigenvalue weighted by molar-refractivity contribution is 0.163. The molecule has 0 aromatic heterocycles. The average molecular weight is 687 g/mol. The van der Waals surface area contributed by atoms with Gasteiger partial charge in [0.1, 0.15) is 11.6 Å². The van der Waals surface area contributed by atoms with Gasteiger partial charge in [0.25, 0.3) is 0 Å². The molecule has 2 aliphatic rings. The summed E-state index contributed by atoms with van der Waals surface area (Å²) in [5.74, 6) is 0.469. The Labute approximate surface area is 262 Å². The van der Waals surface area contributed by atoms with Gasteiger partial charge in [0.15, 0.2) is 5.60 Å². The highest BCUT2D eigenvalue weighted by Crippen LogP contribution is 2.58. The molecule has 5 aromatic rings. The monoisotopic (exact) mass is 686 g/mol. The second kappa shape index (κ2) is 9.92. The Balaban J connectivity index is 1.54. The minimum Gasteiger partial charge on any atom is -0.472 e. The Bertz CT molecular complexity index is 1830. The van der Waals surface area contributed by atoms with E-state index in [9.17, 15) is 4.39 Å². The number of hydrogen-bond acceptors (Lipinski definition) is 3. The first kappa shape index (κ1) is 27.1. The molecule has 204 valence electrons. The van der Waals surface area contributed by atoms with E-state index in [0.717, 1.165) is 33.2 Å². The van der Waals surface area contributed by atoms with Crippen LogP contribution in [0.15, 0.2) is 101 Å². The topological polar surface area (TPSA) is 9.23 Å². The number of benzene rings is 5. The van der Waals surface area contributed by atoms with E-state index >= 15 is 0 Å². The Kier molecular flexibility index (Phi) is 6.56. The van der Waals surface area contributed by atoms with Gasteiger partial charge in [0.05, 0.1) is 0 Å². The number of hydrogen-bond donors (Lipinski definition) is 0. The molecule has 0 bridgehead atoms. The smallest absolute Gasteiger partial charge is 0.178 e. The molecular weight excluding hydrogens is 658 g/mol. The molecule has 7 rings (SSSR count). The van der Waals surface area contributed by atoms with Crippen LogP contribution in [0, 0.1) is 9.39 Å². The quantitative estimate of drug-likeness (QED) is 0.138. The van der Waals surface area contributed by atoms with Crippen molar-refractivity contribution in [1.82, 2.24) is 0 Å². The molecular formula is C36H28FIOS2. The maximum atomic E-state index is 15.0. The van der Waals surface area contributed by atoms with Crippen LogP contribution in [-0.4, -0.2) is 12.5 Å². The van der Waals surface area contributed by atoms with Crippen molar-refractivity contribution in [3.63, 3.8) is 0 Å². The highest BCUT2D eigenvalue weighted by Gasteiger charge is 2.44. The second-order valence-corrected chi connectivity index (χ2v) is 14.1. The second-order valence-electron chi connectivity index (χ2n) is 11.1. The zero-order valence-electron chi connectivity index (χ0n) is 23.2. The van der Waals surface area contributed by atoms with Crippen LogP contribution in [0.25, 0.3) is 28.0 Å². The van der Waals surface area contributed by atoms with Gasteiger partial charge in [-0.2, -0.15) is 0 Å². The predicted octanol–water partition coefficient (Wildman–Crippen LogP) is 10.7. The Hall–Kier alpha value is -2.74. The van der Waals surface area contributed by atoms with E-state index < -0.39 is 5.60 Å². The van der Waals surface area contributed by atoms with E-state index in [1.165, 1.54) is 35.6 Å². The molecule has 0 atom stereocenters. The predicted molar refractivity (Wildman–Crippen MR) is 181 cm³/mol. The third-order valence-electron chi connectivity index (χ3n) is 8.59. The Morgan fingerprint density at radius 1 is 0.756 bits per heavy atom. The molecule has 1 nitrogen and oxygen atoms in total. The highest BCUT2D eigenvalue weighted by molar-refractivity contribution is 14.1. The summed E-state index contributed by atoms with van der Waals surface area (Å²) in [5.41, 5.74) is 6.94. The van der Waals surface area contributed by atoms with Crippen LogP contribution < -0.4 is 4.74 Å². The van der Waals surface area contributed by atoms with E-state index in [-0.39, 0.29) is 11.2 Å². The van der Waals surface area contributed by atoms with Crippen molar-refractivity contribution >= 4 is 63.0 Å². The van der Waals surface area contributed by atoms with Crippen molar-refractivity contribution in [2.45, 2.75) is 34.7 Å². The minimum atomic E-state index is -0.862. The van der Waals surface area contributed by atoms with Crippen molar-refractivity contribution in [1.29, 1.82) is 0 Å². The van der Waals surface area contributed by atoms with Crippen LogP contribution in [-0.2, 0) is 11.0 Å². The summed E-state index contributed by atoms with van der Waals surface area (Å²) in [6, 6.07) is 29.0. The standard InChI is InChI=1S/C36H28FIOS2/c1-35(2)31-20-24(38)10-16-28(31)32-27-15-9-23(37)19-30(27)34-29(33(32)35)17-18-36(39-34,21-5-11-25(40-3)12-6-21)22-7-13-26(41-4)14-8-22/h5-20H,1-4H3. The number of fused-ring (bicyclic) bond motifs is 8. The molecule has 0 N–H and O–H groups in total. The zero-order valence-corrected chi connectivity index (χ0v) is 27.0. The minimum absolute atomic E-state index is 0.244. The van der Waals surface area contributed by atoms with Gasteiger partial charge in [-0.25, -0.2) is 4.39 Å². The molecule has 41 heavy (non-hydrogen) atoms. The van der Waals surface area contributed by atoms with Crippen LogP contribution in [0.4, 0.5) is 4.39 Å². The molecule has 5 heteroatoms. The molecule has 0 spiro atoms. The summed E-state index contributed by atoms with van der Waals surface area (Å²) in [5, 5.41) is 1.82. The summed E-state index contributed by atoms with van der Waals surface area (Å²) in [6.45, 7) is 4.59. The molecule has 0 radical (unpaired) electrons. The van der Waals surface area contributed by atoms with Gasteiger partial charge in [-0.1, -0.05) is 56.3 Å². The van der Waals surface area contributed by atoms with Gasteiger partial charge in [0, 0.05) is 40.9 Å². The molecule has 0 saturated carbocycles. The van der Waals surface area contributed by atoms with E-state index in [2.05, 4.69) is 128 Å². The number of ether oxygens (including phenoxy) is 1. The number of halogens is 2. The lowest BCUT2D eigenvalue weighted by Crippen LogP contribution is -2.35. The molecule has 1 heterocycles. The zero-order chi connectivity index (χ0) is 28.5. The maximum Gasteiger partial charge on any atom is 0.178 e. The number of thioether (sulfide) groups is 2. The lowest BCUT2D eigenvalue weighted by Gasteiger charge is -2.38. The maximum absolute atomic E-state index is 15.0. The van der Waals surface area contributed by atoms with E-state index in [1.807, 2.05) is 6.07 Å². The molecule has 0 fully saturated rings.